The minimum Gasteiger partial charge on any atom is -0.395 e. The Morgan fingerprint density at radius 3 is 1.62 bits per heavy atom. The van der Waals surface area contributed by atoms with E-state index in [0.717, 1.165) is 0 Å². The number of rotatable bonds is 9. The highest BCUT2D eigenvalue weighted by Gasteiger charge is 2.28. The Balaban J connectivity index is 2.14. The summed E-state index contributed by atoms with van der Waals surface area (Å²) in [5.41, 5.74) is 7.68. The third-order valence-electron chi connectivity index (χ3n) is 4.64. The maximum Gasteiger partial charge on any atom is 0.316 e. The Morgan fingerprint density at radius 1 is 0.812 bits per heavy atom. The van der Waals surface area contributed by atoms with E-state index in [1.807, 2.05) is 0 Å². The van der Waals surface area contributed by atoms with Gasteiger partial charge in [0.15, 0.2) is 0 Å². The number of benzene rings is 2. The number of sulfonamides is 2. The molecule has 13 heteroatoms. The molecule has 2 aromatic rings. The SMILES string of the molecule is NC(=O)NC=C1c2cc(S(=O)(=O)NCCO)ccc2-c2ccc(S(=O)(=O)NCCO)cc21. The second-order valence-corrected chi connectivity index (χ2v) is 10.3. The van der Waals surface area contributed by atoms with Crippen LogP contribution < -0.4 is 20.5 Å². The van der Waals surface area contributed by atoms with Gasteiger partial charge in [-0.3, -0.25) is 0 Å². The predicted octanol–water partition coefficient (Wildman–Crippen LogP) is -0.734. The van der Waals surface area contributed by atoms with Crippen molar-refractivity contribution in [1.82, 2.24) is 14.8 Å². The molecule has 0 atom stereocenters. The first kappa shape index (κ1) is 23.8. The average molecular weight is 483 g/mol. The summed E-state index contributed by atoms with van der Waals surface area (Å²) in [6.07, 6.45) is 1.28. The molecular formula is C19H22N4O7S2. The maximum atomic E-state index is 12.5. The molecule has 7 N–H and O–H groups in total. The van der Waals surface area contributed by atoms with Crippen LogP contribution in [0.1, 0.15) is 11.1 Å². The molecule has 0 aromatic heterocycles. The first-order chi connectivity index (χ1) is 15.1. The summed E-state index contributed by atoms with van der Waals surface area (Å²) in [6, 6.07) is 7.86. The fraction of sp³-hybridized carbons (Fsp3) is 0.211. The molecule has 172 valence electrons. The number of aliphatic hydroxyl groups excluding tert-OH is 2. The zero-order chi connectivity index (χ0) is 23.5. The van der Waals surface area contributed by atoms with Crippen LogP contribution in [0.5, 0.6) is 0 Å². The van der Waals surface area contributed by atoms with E-state index in [0.29, 0.717) is 27.8 Å². The monoisotopic (exact) mass is 482 g/mol. The van der Waals surface area contributed by atoms with Gasteiger partial charge in [-0.1, -0.05) is 12.1 Å². The number of aliphatic hydroxyl groups is 2. The molecule has 0 spiro atoms. The molecule has 3 rings (SSSR count). The highest BCUT2D eigenvalue weighted by atomic mass is 32.2. The molecule has 0 heterocycles. The quantitative estimate of drug-likeness (QED) is 0.232. The first-order valence-electron chi connectivity index (χ1n) is 9.37. The van der Waals surface area contributed by atoms with Gasteiger partial charge in [0.1, 0.15) is 0 Å². The number of hydrogen-bond acceptors (Lipinski definition) is 7. The van der Waals surface area contributed by atoms with Crippen LogP contribution in [-0.4, -0.2) is 59.4 Å². The van der Waals surface area contributed by atoms with E-state index in [-0.39, 0.29) is 36.1 Å². The Kier molecular flexibility index (Phi) is 6.97. The van der Waals surface area contributed by atoms with Crippen LogP contribution in [0.4, 0.5) is 4.79 Å². The highest BCUT2D eigenvalue weighted by molar-refractivity contribution is 7.89. The fourth-order valence-electron chi connectivity index (χ4n) is 3.27. The molecule has 0 saturated carbocycles. The molecule has 0 bridgehead atoms. The Morgan fingerprint density at radius 2 is 1.25 bits per heavy atom. The summed E-state index contributed by atoms with van der Waals surface area (Å²) in [6.45, 7) is -1.06. The van der Waals surface area contributed by atoms with Gasteiger partial charge in [-0.05, 0) is 46.5 Å². The molecule has 0 fully saturated rings. The number of primary amides is 1. The minimum atomic E-state index is -3.91. The van der Waals surface area contributed by atoms with Crippen molar-refractivity contribution in [3.8, 4) is 11.1 Å². The van der Waals surface area contributed by atoms with Crippen molar-refractivity contribution in [2.45, 2.75) is 9.79 Å². The van der Waals surface area contributed by atoms with Gasteiger partial charge in [-0.2, -0.15) is 0 Å². The second kappa shape index (κ2) is 9.36. The van der Waals surface area contributed by atoms with Crippen LogP contribution in [-0.2, 0) is 20.0 Å². The van der Waals surface area contributed by atoms with Gasteiger partial charge in [0, 0.05) is 24.9 Å². The Bertz CT molecular complexity index is 1200. The van der Waals surface area contributed by atoms with E-state index in [9.17, 15) is 21.6 Å². The molecule has 2 aromatic carbocycles. The van der Waals surface area contributed by atoms with Crippen molar-refractivity contribution in [3.05, 3.63) is 53.7 Å². The topological polar surface area (TPSA) is 188 Å². The van der Waals surface area contributed by atoms with Crippen molar-refractivity contribution in [1.29, 1.82) is 0 Å². The third kappa shape index (κ3) is 4.82. The lowest BCUT2D eigenvalue weighted by Gasteiger charge is -2.09. The number of nitrogens with two attached hydrogens (primary N) is 1. The van der Waals surface area contributed by atoms with Crippen molar-refractivity contribution < 1.29 is 31.8 Å². The van der Waals surface area contributed by atoms with Crippen LogP contribution in [0.3, 0.4) is 0 Å². The smallest absolute Gasteiger partial charge is 0.316 e. The van der Waals surface area contributed by atoms with E-state index >= 15 is 0 Å². The normalized spacial score (nSPS) is 12.9. The van der Waals surface area contributed by atoms with E-state index in [1.54, 1.807) is 12.1 Å². The molecule has 2 amide bonds. The van der Waals surface area contributed by atoms with Gasteiger partial charge < -0.3 is 21.3 Å². The minimum absolute atomic E-state index is 0.0695. The zero-order valence-electron chi connectivity index (χ0n) is 16.7. The summed E-state index contributed by atoms with van der Waals surface area (Å²) in [5, 5.41) is 20.1. The number of fused-ring (bicyclic) bond motifs is 3. The van der Waals surface area contributed by atoms with Crippen LogP contribution in [0.25, 0.3) is 16.7 Å². The molecule has 1 aliphatic carbocycles. The summed E-state index contributed by atoms with van der Waals surface area (Å²) in [5.74, 6) is 0. The standard InChI is InChI=1S/C19H22N4O7S2/c20-19(26)21-11-18-16-9-12(31(27,28)22-5-7-24)1-3-14(16)15-4-2-13(10-17(15)18)32(29,30)23-6-8-25/h1-4,9-11,22-25H,5-8H2,(H3,20,21,26). The largest absolute Gasteiger partial charge is 0.395 e. The second-order valence-electron chi connectivity index (χ2n) is 6.72. The number of urea groups is 1. The van der Waals surface area contributed by atoms with Crippen molar-refractivity contribution in [2.24, 2.45) is 5.73 Å². The van der Waals surface area contributed by atoms with Gasteiger partial charge in [0.2, 0.25) is 20.0 Å². The van der Waals surface area contributed by atoms with Crippen LogP contribution in [0.2, 0.25) is 0 Å². The summed E-state index contributed by atoms with van der Waals surface area (Å²) in [4.78, 5) is 11.1. The molecule has 0 unspecified atom stereocenters. The van der Waals surface area contributed by atoms with Gasteiger partial charge in [0.25, 0.3) is 0 Å². The summed E-state index contributed by atoms with van der Waals surface area (Å²) >= 11 is 0. The van der Waals surface area contributed by atoms with Gasteiger partial charge in [0.05, 0.1) is 23.0 Å². The van der Waals surface area contributed by atoms with Crippen molar-refractivity contribution >= 4 is 31.7 Å². The predicted molar refractivity (Wildman–Crippen MR) is 116 cm³/mol. The Labute approximate surface area is 185 Å². The van der Waals surface area contributed by atoms with Gasteiger partial charge in [-0.25, -0.2) is 31.1 Å². The van der Waals surface area contributed by atoms with Crippen LogP contribution >= 0.6 is 0 Å². The molecule has 0 radical (unpaired) electrons. The number of hydrogen-bond donors (Lipinski definition) is 6. The van der Waals surface area contributed by atoms with Gasteiger partial charge in [-0.15, -0.1) is 0 Å². The summed E-state index contributed by atoms with van der Waals surface area (Å²) < 4.78 is 54.4. The number of carbonyl (C=O) groups is 1. The molecule has 11 nitrogen and oxygen atoms in total. The van der Waals surface area contributed by atoms with Crippen molar-refractivity contribution in [3.63, 3.8) is 0 Å². The molecule has 1 aliphatic rings. The van der Waals surface area contributed by atoms with E-state index in [2.05, 4.69) is 14.8 Å². The number of carbonyl (C=O) groups excluding carboxylic acids is 1. The third-order valence-corrected chi connectivity index (χ3v) is 7.56. The molecule has 0 saturated heterocycles. The zero-order valence-corrected chi connectivity index (χ0v) is 18.3. The lowest BCUT2D eigenvalue weighted by atomic mass is 10.1. The Hall–Kier alpha value is -2.81. The van der Waals surface area contributed by atoms with E-state index in [1.165, 1.54) is 30.5 Å². The lowest BCUT2D eigenvalue weighted by molar-refractivity contribution is 0.252. The lowest BCUT2D eigenvalue weighted by Crippen LogP contribution is -2.26. The van der Waals surface area contributed by atoms with E-state index < -0.39 is 26.1 Å². The summed E-state index contributed by atoms with van der Waals surface area (Å²) in [7, 11) is -7.81. The number of amides is 2. The molecular weight excluding hydrogens is 460 g/mol. The molecule has 0 aliphatic heterocycles. The maximum absolute atomic E-state index is 12.5. The average Bonchev–Trinajstić information content (AvgIpc) is 3.07. The van der Waals surface area contributed by atoms with Crippen molar-refractivity contribution in [2.75, 3.05) is 26.3 Å². The van der Waals surface area contributed by atoms with E-state index in [4.69, 9.17) is 15.9 Å². The molecule has 32 heavy (non-hydrogen) atoms. The number of nitrogens with one attached hydrogen (secondary N) is 3. The first-order valence-corrected chi connectivity index (χ1v) is 12.3. The fourth-order valence-corrected chi connectivity index (χ4v) is 5.36. The van der Waals surface area contributed by atoms with Crippen LogP contribution in [0.15, 0.2) is 52.4 Å². The van der Waals surface area contributed by atoms with Crippen LogP contribution in [0, 0.1) is 0 Å². The van der Waals surface area contributed by atoms with Gasteiger partial charge >= 0.3 is 6.03 Å². The highest BCUT2D eigenvalue weighted by Crippen LogP contribution is 2.45.